The Labute approximate surface area is 109 Å². The summed E-state index contributed by atoms with van der Waals surface area (Å²) in [5, 5.41) is 8.67. The fourth-order valence-electron chi connectivity index (χ4n) is 1.74. The fraction of sp³-hybridized carbons (Fsp3) is 0.143. The monoisotopic (exact) mass is 259 g/mol. The first-order valence-corrected chi connectivity index (χ1v) is 5.68. The number of H-pyrrole nitrogens is 1. The normalized spacial score (nSPS) is 10.2. The summed E-state index contributed by atoms with van der Waals surface area (Å²) in [5.41, 5.74) is 1.40. The maximum Gasteiger partial charge on any atom is 0.309 e. The Morgan fingerprint density at radius 3 is 2.42 bits per heavy atom. The fourth-order valence-corrected chi connectivity index (χ4v) is 1.74. The van der Waals surface area contributed by atoms with Gasteiger partial charge in [0.05, 0.1) is 19.2 Å². The molecule has 5 nitrogen and oxygen atoms in total. The van der Waals surface area contributed by atoms with E-state index >= 15 is 0 Å². The van der Waals surface area contributed by atoms with Gasteiger partial charge in [0, 0.05) is 11.3 Å². The van der Waals surface area contributed by atoms with Crippen molar-refractivity contribution < 1.29 is 19.4 Å². The van der Waals surface area contributed by atoms with Gasteiger partial charge in [0.1, 0.15) is 5.75 Å². The largest absolute Gasteiger partial charge is 0.497 e. The van der Waals surface area contributed by atoms with Crippen molar-refractivity contribution in [2.24, 2.45) is 0 Å². The van der Waals surface area contributed by atoms with Gasteiger partial charge in [-0.3, -0.25) is 9.59 Å². The van der Waals surface area contributed by atoms with E-state index in [1.165, 1.54) is 0 Å². The summed E-state index contributed by atoms with van der Waals surface area (Å²) in [5.74, 6) is -0.445. The highest BCUT2D eigenvalue weighted by atomic mass is 16.5. The number of carboxylic acid groups (broad SMARTS) is 1. The van der Waals surface area contributed by atoms with E-state index in [2.05, 4.69) is 4.98 Å². The van der Waals surface area contributed by atoms with Crippen molar-refractivity contribution in [3.8, 4) is 5.75 Å². The smallest absolute Gasteiger partial charge is 0.309 e. The van der Waals surface area contributed by atoms with Gasteiger partial charge in [0.15, 0.2) is 0 Å². The van der Waals surface area contributed by atoms with E-state index in [-0.39, 0.29) is 12.2 Å². The zero-order valence-corrected chi connectivity index (χ0v) is 10.3. The molecule has 1 aromatic heterocycles. The summed E-state index contributed by atoms with van der Waals surface area (Å²) in [4.78, 5) is 25.5. The highest BCUT2D eigenvalue weighted by molar-refractivity contribution is 6.07. The van der Waals surface area contributed by atoms with Crippen molar-refractivity contribution >= 4 is 11.8 Å². The molecule has 0 spiro atoms. The third kappa shape index (κ3) is 3.01. The summed E-state index contributed by atoms with van der Waals surface area (Å²) >= 11 is 0. The zero-order valence-electron chi connectivity index (χ0n) is 10.3. The van der Waals surface area contributed by atoms with Gasteiger partial charge in [-0.15, -0.1) is 0 Å². The van der Waals surface area contributed by atoms with Crippen LogP contribution in [0.3, 0.4) is 0 Å². The molecule has 0 fully saturated rings. The minimum absolute atomic E-state index is 0.129. The first-order chi connectivity index (χ1) is 9.10. The SMILES string of the molecule is COc1ccc(C(=O)c2ccc(CC(=O)O)[nH]2)cc1. The topological polar surface area (TPSA) is 79.4 Å². The number of aliphatic carboxylic acids is 1. The van der Waals surface area contributed by atoms with E-state index in [1.54, 1.807) is 43.5 Å². The summed E-state index contributed by atoms with van der Waals surface area (Å²) in [6.07, 6.45) is -0.129. The van der Waals surface area contributed by atoms with Crippen LogP contribution in [-0.4, -0.2) is 29.0 Å². The van der Waals surface area contributed by atoms with Crippen LogP contribution in [-0.2, 0) is 11.2 Å². The minimum Gasteiger partial charge on any atom is -0.497 e. The Morgan fingerprint density at radius 1 is 1.16 bits per heavy atom. The van der Waals surface area contributed by atoms with E-state index in [1.807, 2.05) is 0 Å². The first kappa shape index (κ1) is 12.9. The van der Waals surface area contributed by atoms with Crippen LogP contribution < -0.4 is 4.74 Å². The van der Waals surface area contributed by atoms with Crippen LogP contribution in [0.15, 0.2) is 36.4 Å². The summed E-state index contributed by atoms with van der Waals surface area (Å²) in [6, 6.07) is 9.93. The number of ketones is 1. The van der Waals surface area contributed by atoms with Gasteiger partial charge in [-0.1, -0.05) is 0 Å². The van der Waals surface area contributed by atoms with Gasteiger partial charge >= 0.3 is 5.97 Å². The molecule has 2 aromatic rings. The van der Waals surface area contributed by atoms with E-state index in [4.69, 9.17) is 9.84 Å². The second-order valence-electron chi connectivity index (χ2n) is 4.03. The number of nitrogens with one attached hydrogen (secondary N) is 1. The molecular formula is C14H13NO4. The van der Waals surface area contributed by atoms with E-state index in [0.29, 0.717) is 22.7 Å². The number of carbonyl (C=O) groups excluding carboxylic acids is 1. The molecule has 1 heterocycles. The molecule has 0 amide bonds. The first-order valence-electron chi connectivity index (χ1n) is 5.68. The van der Waals surface area contributed by atoms with Crippen LogP contribution in [0.2, 0.25) is 0 Å². The molecule has 0 aliphatic rings. The molecule has 0 unspecified atom stereocenters. The standard InChI is InChI=1S/C14H13NO4/c1-19-11-5-2-9(3-6-11)14(18)12-7-4-10(15-12)8-13(16)17/h2-7,15H,8H2,1H3,(H,16,17). The molecule has 2 N–H and O–H groups in total. The van der Waals surface area contributed by atoms with Gasteiger partial charge in [-0.25, -0.2) is 0 Å². The molecular weight excluding hydrogens is 246 g/mol. The number of benzene rings is 1. The number of aromatic nitrogens is 1. The Kier molecular flexibility index (Phi) is 3.66. The molecule has 0 atom stereocenters. The van der Waals surface area contributed by atoms with Gasteiger partial charge in [-0.2, -0.15) is 0 Å². The molecule has 0 saturated heterocycles. The maximum atomic E-state index is 12.1. The van der Waals surface area contributed by atoms with E-state index < -0.39 is 5.97 Å². The number of carboxylic acids is 1. The van der Waals surface area contributed by atoms with Crippen LogP contribution in [0.4, 0.5) is 0 Å². The van der Waals surface area contributed by atoms with Crippen molar-refractivity contribution in [2.45, 2.75) is 6.42 Å². The molecule has 0 aliphatic heterocycles. The lowest BCUT2D eigenvalue weighted by atomic mass is 10.1. The number of rotatable bonds is 5. The Hall–Kier alpha value is -2.56. The second kappa shape index (κ2) is 5.39. The lowest BCUT2D eigenvalue weighted by Crippen LogP contribution is -2.04. The molecule has 0 saturated carbocycles. The lowest BCUT2D eigenvalue weighted by molar-refractivity contribution is -0.136. The highest BCUT2D eigenvalue weighted by Crippen LogP contribution is 2.15. The number of methoxy groups -OCH3 is 1. The molecule has 0 aliphatic carbocycles. The average molecular weight is 259 g/mol. The summed E-state index contributed by atoms with van der Waals surface area (Å²) < 4.78 is 5.02. The van der Waals surface area contributed by atoms with E-state index in [0.717, 1.165) is 0 Å². The van der Waals surface area contributed by atoms with Crippen molar-refractivity contribution in [1.29, 1.82) is 0 Å². The van der Waals surface area contributed by atoms with Crippen LogP contribution in [0.25, 0.3) is 0 Å². The number of ether oxygens (including phenoxy) is 1. The third-order valence-corrected chi connectivity index (χ3v) is 2.68. The number of hydrogen-bond acceptors (Lipinski definition) is 3. The second-order valence-corrected chi connectivity index (χ2v) is 4.03. The summed E-state index contributed by atoms with van der Waals surface area (Å²) in [6.45, 7) is 0. The predicted molar refractivity (Wildman–Crippen MR) is 68.6 cm³/mol. The van der Waals surface area contributed by atoms with Gasteiger partial charge in [-0.05, 0) is 36.4 Å². The van der Waals surface area contributed by atoms with Crippen LogP contribution in [0.5, 0.6) is 5.75 Å². The Balaban J connectivity index is 2.18. The molecule has 5 heteroatoms. The van der Waals surface area contributed by atoms with Gasteiger partial charge in [0.25, 0.3) is 0 Å². The molecule has 0 radical (unpaired) electrons. The Bertz CT molecular complexity index is 598. The highest BCUT2D eigenvalue weighted by Gasteiger charge is 2.12. The number of hydrogen-bond donors (Lipinski definition) is 2. The van der Waals surface area contributed by atoms with Gasteiger partial charge in [0.2, 0.25) is 5.78 Å². The quantitative estimate of drug-likeness (QED) is 0.803. The average Bonchev–Trinajstić information content (AvgIpc) is 2.85. The molecule has 19 heavy (non-hydrogen) atoms. The molecule has 98 valence electrons. The van der Waals surface area contributed by atoms with Crippen molar-refractivity contribution in [2.75, 3.05) is 7.11 Å². The number of aromatic amines is 1. The van der Waals surface area contributed by atoms with E-state index in [9.17, 15) is 9.59 Å². The molecule has 1 aromatic carbocycles. The lowest BCUT2D eigenvalue weighted by Gasteiger charge is -2.01. The molecule has 2 rings (SSSR count). The Morgan fingerprint density at radius 2 is 1.84 bits per heavy atom. The third-order valence-electron chi connectivity index (χ3n) is 2.68. The predicted octanol–water partition coefficient (Wildman–Crippen LogP) is 1.88. The van der Waals surface area contributed by atoms with Crippen molar-refractivity contribution in [3.05, 3.63) is 53.3 Å². The van der Waals surface area contributed by atoms with Crippen molar-refractivity contribution in [1.82, 2.24) is 4.98 Å². The molecule has 0 bridgehead atoms. The van der Waals surface area contributed by atoms with Crippen LogP contribution in [0.1, 0.15) is 21.7 Å². The van der Waals surface area contributed by atoms with Crippen LogP contribution >= 0.6 is 0 Å². The maximum absolute atomic E-state index is 12.1. The van der Waals surface area contributed by atoms with Crippen molar-refractivity contribution in [3.63, 3.8) is 0 Å². The zero-order chi connectivity index (χ0) is 13.8. The number of carbonyl (C=O) groups is 2. The summed E-state index contributed by atoms with van der Waals surface area (Å²) in [7, 11) is 1.56. The minimum atomic E-state index is -0.940. The van der Waals surface area contributed by atoms with Crippen LogP contribution in [0, 0.1) is 0 Å². The van der Waals surface area contributed by atoms with Gasteiger partial charge < -0.3 is 14.8 Å².